The average molecular weight is 304 g/mol. The van der Waals surface area contributed by atoms with Crippen LogP contribution in [0.4, 0.5) is 0 Å². The predicted octanol–water partition coefficient (Wildman–Crippen LogP) is 1.59. The standard InChI is InChI=1S/C12H20N2O3S2/c1-8-12(18-9(2)13-8)19(16,17)14-11-5-3-10(7-15)4-6-11/h10-11,14-15H,3-7H2,1-2H3. The number of aliphatic hydroxyl groups excluding tert-OH is 1. The van der Waals surface area contributed by atoms with Crippen molar-refractivity contribution in [2.45, 2.75) is 49.8 Å². The molecule has 1 aromatic heterocycles. The minimum Gasteiger partial charge on any atom is -0.396 e. The second-order valence-corrected chi connectivity index (χ2v) is 8.24. The first kappa shape index (κ1) is 14.9. The van der Waals surface area contributed by atoms with Gasteiger partial charge in [0.1, 0.15) is 0 Å². The smallest absolute Gasteiger partial charge is 0.252 e. The van der Waals surface area contributed by atoms with Gasteiger partial charge in [0.2, 0.25) is 0 Å². The summed E-state index contributed by atoms with van der Waals surface area (Å²) in [6.45, 7) is 3.73. The van der Waals surface area contributed by atoms with Crippen LogP contribution in [-0.4, -0.2) is 31.2 Å². The summed E-state index contributed by atoms with van der Waals surface area (Å²) < 4.78 is 27.7. The Kier molecular flexibility index (Phi) is 4.60. The molecular formula is C12H20N2O3S2. The van der Waals surface area contributed by atoms with E-state index >= 15 is 0 Å². The molecule has 0 bridgehead atoms. The molecule has 108 valence electrons. The molecule has 0 aliphatic heterocycles. The van der Waals surface area contributed by atoms with Crippen LogP contribution in [0.15, 0.2) is 4.21 Å². The SMILES string of the molecule is Cc1nc(C)c(S(=O)(=O)NC2CCC(CO)CC2)s1. The van der Waals surface area contributed by atoms with Crippen molar-refractivity contribution in [2.75, 3.05) is 6.61 Å². The Balaban J connectivity index is 2.04. The summed E-state index contributed by atoms with van der Waals surface area (Å²) in [5, 5.41) is 9.85. The van der Waals surface area contributed by atoms with Gasteiger partial charge >= 0.3 is 0 Å². The van der Waals surface area contributed by atoms with E-state index in [0.717, 1.165) is 30.7 Å². The quantitative estimate of drug-likeness (QED) is 0.885. The van der Waals surface area contributed by atoms with Crippen LogP contribution in [0.1, 0.15) is 36.4 Å². The van der Waals surface area contributed by atoms with Gasteiger partial charge in [-0.05, 0) is 45.4 Å². The van der Waals surface area contributed by atoms with Gasteiger partial charge in [-0.15, -0.1) is 11.3 Å². The van der Waals surface area contributed by atoms with E-state index in [1.165, 1.54) is 11.3 Å². The van der Waals surface area contributed by atoms with Crippen LogP contribution in [0.2, 0.25) is 0 Å². The summed E-state index contributed by atoms with van der Waals surface area (Å²) in [6, 6.07) is -0.0189. The monoisotopic (exact) mass is 304 g/mol. The average Bonchev–Trinajstić information content (AvgIpc) is 2.70. The van der Waals surface area contributed by atoms with E-state index in [2.05, 4.69) is 9.71 Å². The first-order chi connectivity index (χ1) is 8.92. The normalized spacial score (nSPS) is 24.6. The number of aryl methyl sites for hydroxylation is 2. The Morgan fingerprint density at radius 2 is 1.95 bits per heavy atom. The van der Waals surface area contributed by atoms with Gasteiger partial charge in [0, 0.05) is 12.6 Å². The van der Waals surface area contributed by atoms with Gasteiger partial charge in [0.05, 0.1) is 10.7 Å². The van der Waals surface area contributed by atoms with Crippen molar-refractivity contribution in [3.8, 4) is 0 Å². The molecule has 0 atom stereocenters. The lowest BCUT2D eigenvalue weighted by Gasteiger charge is -2.27. The van der Waals surface area contributed by atoms with E-state index in [-0.39, 0.29) is 12.6 Å². The molecular weight excluding hydrogens is 284 g/mol. The first-order valence-electron chi connectivity index (χ1n) is 6.49. The molecule has 1 fully saturated rings. The largest absolute Gasteiger partial charge is 0.396 e. The van der Waals surface area contributed by atoms with Crippen molar-refractivity contribution in [3.05, 3.63) is 10.7 Å². The lowest BCUT2D eigenvalue weighted by Crippen LogP contribution is -2.37. The van der Waals surface area contributed by atoms with Crippen molar-refractivity contribution >= 4 is 21.4 Å². The van der Waals surface area contributed by atoms with Crippen LogP contribution < -0.4 is 4.72 Å². The zero-order valence-electron chi connectivity index (χ0n) is 11.2. The molecule has 0 radical (unpaired) electrons. The van der Waals surface area contributed by atoms with Gasteiger partial charge in [0.25, 0.3) is 10.0 Å². The molecule has 1 aromatic rings. The molecule has 0 saturated heterocycles. The third-order valence-corrected chi connectivity index (χ3v) is 6.73. The van der Waals surface area contributed by atoms with Gasteiger partial charge in [-0.25, -0.2) is 18.1 Å². The minimum absolute atomic E-state index is 0.0189. The fraction of sp³-hybridized carbons (Fsp3) is 0.750. The van der Waals surface area contributed by atoms with E-state index < -0.39 is 10.0 Å². The number of nitrogens with one attached hydrogen (secondary N) is 1. The maximum absolute atomic E-state index is 12.3. The number of aliphatic hydroxyl groups is 1. The third kappa shape index (κ3) is 3.53. The summed E-state index contributed by atoms with van der Waals surface area (Å²) in [5.41, 5.74) is 0.569. The topological polar surface area (TPSA) is 79.3 Å². The molecule has 1 aliphatic rings. The number of nitrogens with zero attached hydrogens (tertiary/aromatic N) is 1. The molecule has 1 saturated carbocycles. The molecule has 1 aliphatic carbocycles. The van der Waals surface area contributed by atoms with E-state index in [9.17, 15) is 8.42 Å². The number of hydrogen-bond donors (Lipinski definition) is 2. The van der Waals surface area contributed by atoms with Crippen LogP contribution in [0.25, 0.3) is 0 Å². The van der Waals surface area contributed by atoms with E-state index in [1.807, 2.05) is 6.92 Å². The molecule has 1 heterocycles. The summed E-state index contributed by atoms with van der Waals surface area (Å²) in [6.07, 6.45) is 3.34. The fourth-order valence-corrected chi connectivity index (χ4v) is 5.30. The Bertz CT molecular complexity index is 531. The highest BCUT2D eigenvalue weighted by Gasteiger charge is 2.27. The summed E-state index contributed by atoms with van der Waals surface area (Å²) in [7, 11) is -3.45. The lowest BCUT2D eigenvalue weighted by molar-refractivity contribution is 0.180. The van der Waals surface area contributed by atoms with Crippen LogP contribution >= 0.6 is 11.3 Å². The Labute approximate surface area is 118 Å². The third-order valence-electron chi connectivity index (χ3n) is 3.53. The number of aromatic nitrogens is 1. The van der Waals surface area contributed by atoms with Crippen LogP contribution in [0.3, 0.4) is 0 Å². The van der Waals surface area contributed by atoms with Gasteiger partial charge in [-0.3, -0.25) is 0 Å². The maximum Gasteiger partial charge on any atom is 0.252 e. The number of rotatable bonds is 4. The summed E-state index contributed by atoms with van der Waals surface area (Å²) in [4.78, 5) is 4.16. The van der Waals surface area contributed by atoms with E-state index in [4.69, 9.17) is 5.11 Å². The second kappa shape index (κ2) is 5.87. The lowest BCUT2D eigenvalue weighted by atomic mass is 9.87. The molecule has 19 heavy (non-hydrogen) atoms. The zero-order valence-corrected chi connectivity index (χ0v) is 12.9. The molecule has 5 nitrogen and oxygen atoms in total. The van der Waals surface area contributed by atoms with Crippen molar-refractivity contribution < 1.29 is 13.5 Å². The first-order valence-corrected chi connectivity index (χ1v) is 8.79. The molecule has 2 rings (SSSR count). The Morgan fingerprint density at radius 3 is 2.42 bits per heavy atom. The Hall–Kier alpha value is -0.500. The van der Waals surface area contributed by atoms with Crippen molar-refractivity contribution in [2.24, 2.45) is 5.92 Å². The predicted molar refractivity (Wildman–Crippen MR) is 74.7 cm³/mol. The van der Waals surface area contributed by atoms with Gasteiger partial charge < -0.3 is 5.11 Å². The highest BCUT2D eigenvalue weighted by molar-refractivity contribution is 7.91. The van der Waals surface area contributed by atoms with Gasteiger partial charge in [-0.1, -0.05) is 0 Å². The number of thiazole rings is 1. The summed E-state index contributed by atoms with van der Waals surface area (Å²) in [5.74, 6) is 0.327. The van der Waals surface area contributed by atoms with Crippen molar-refractivity contribution in [3.63, 3.8) is 0 Å². The molecule has 0 amide bonds. The van der Waals surface area contributed by atoms with Crippen LogP contribution in [0, 0.1) is 19.8 Å². The highest BCUT2D eigenvalue weighted by Crippen LogP contribution is 2.27. The van der Waals surface area contributed by atoms with Crippen LogP contribution in [0.5, 0.6) is 0 Å². The van der Waals surface area contributed by atoms with Crippen LogP contribution in [-0.2, 0) is 10.0 Å². The fourth-order valence-electron chi connectivity index (χ4n) is 2.50. The van der Waals surface area contributed by atoms with E-state index in [1.54, 1.807) is 6.92 Å². The Morgan fingerprint density at radius 1 is 1.32 bits per heavy atom. The number of sulfonamides is 1. The second-order valence-electron chi connectivity index (χ2n) is 5.13. The zero-order chi connectivity index (χ0) is 14.0. The highest BCUT2D eigenvalue weighted by atomic mass is 32.2. The molecule has 2 N–H and O–H groups in total. The minimum atomic E-state index is -3.45. The van der Waals surface area contributed by atoms with Gasteiger partial charge in [0.15, 0.2) is 4.21 Å². The van der Waals surface area contributed by atoms with Crippen molar-refractivity contribution in [1.29, 1.82) is 0 Å². The maximum atomic E-state index is 12.3. The molecule has 0 spiro atoms. The molecule has 0 unspecified atom stereocenters. The number of hydrogen-bond acceptors (Lipinski definition) is 5. The summed E-state index contributed by atoms with van der Waals surface area (Å²) >= 11 is 1.21. The molecule has 0 aromatic carbocycles. The van der Waals surface area contributed by atoms with E-state index in [0.29, 0.717) is 15.8 Å². The van der Waals surface area contributed by atoms with Crippen molar-refractivity contribution in [1.82, 2.24) is 9.71 Å². The van der Waals surface area contributed by atoms with Gasteiger partial charge in [-0.2, -0.15) is 0 Å². The molecule has 7 heteroatoms.